The van der Waals surface area contributed by atoms with Gasteiger partial charge >= 0.3 is 0 Å². The zero-order chi connectivity index (χ0) is 21.6. The summed E-state index contributed by atoms with van der Waals surface area (Å²) in [5.74, 6) is 2.09. The van der Waals surface area contributed by atoms with Crippen molar-refractivity contribution in [3.05, 3.63) is 84.2 Å². The predicted molar refractivity (Wildman–Crippen MR) is 122 cm³/mol. The van der Waals surface area contributed by atoms with Crippen LogP contribution in [-0.2, 0) is 4.79 Å². The molecule has 4 rings (SSSR count). The Morgan fingerprint density at radius 3 is 2.68 bits per heavy atom. The van der Waals surface area contributed by atoms with Gasteiger partial charge in [-0.1, -0.05) is 42.5 Å². The Labute approximate surface area is 182 Å². The molecule has 0 aliphatic carbocycles. The van der Waals surface area contributed by atoms with Crippen LogP contribution in [0.1, 0.15) is 18.1 Å². The molecule has 1 aliphatic rings. The maximum absolute atomic E-state index is 12.7. The monoisotopic (exact) mass is 414 g/mol. The summed E-state index contributed by atoms with van der Waals surface area (Å²) in [5, 5.41) is 0. The van der Waals surface area contributed by atoms with Crippen LogP contribution in [0.15, 0.2) is 73.1 Å². The molecule has 1 atom stereocenters. The van der Waals surface area contributed by atoms with Crippen molar-refractivity contribution >= 4 is 17.8 Å². The minimum Gasteiger partial charge on any atom is -0.439 e. The quantitative estimate of drug-likeness (QED) is 0.582. The highest BCUT2D eigenvalue weighted by atomic mass is 16.5. The van der Waals surface area contributed by atoms with E-state index in [0.29, 0.717) is 25.5 Å². The lowest BCUT2D eigenvalue weighted by atomic mass is 10.1. The Morgan fingerprint density at radius 2 is 1.90 bits per heavy atom. The standard InChI is InChI=1S/C25H26N4O2/c1-19-7-6-10-22(15-19)31-24-16-23(26-18-27-24)28-13-14-29(20(2)17-28)25(30)12-11-21-8-4-3-5-9-21/h3-12,15-16,18,20H,13-14,17H2,1-2H3. The van der Waals surface area contributed by atoms with Crippen LogP contribution in [0.5, 0.6) is 11.6 Å². The summed E-state index contributed by atoms with van der Waals surface area (Å²) >= 11 is 0. The third kappa shape index (κ3) is 5.28. The van der Waals surface area contributed by atoms with Crippen molar-refractivity contribution in [3.63, 3.8) is 0 Å². The third-order valence-electron chi connectivity index (χ3n) is 5.29. The number of aryl methyl sites for hydroxylation is 1. The van der Waals surface area contributed by atoms with Gasteiger partial charge in [0.1, 0.15) is 17.9 Å². The Bertz CT molecular complexity index is 1070. The lowest BCUT2D eigenvalue weighted by Crippen LogP contribution is -2.54. The second kappa shape index (κ2) is 9.43. The fourth-order valence-electron chi connectivity index (χ4n) is 3.68. The van der Waals surface area contributed by atoms with E-state index in [0.717, 1.165) is 22.7 Å². The van der Waals surface area contributed by atoms with Crippen LogP contribution in [0.4, 0.5) is 5.82 Å². The molecule has 6 nitrogen and oxygen atoms in total. The van der Waals surface area contributed by atoms with E-state index < -0.39 is 0 Å². The molecule has 1 amide bonds. The van der Waals surface area contributed by atoms with Crippen molar-refractivity contribution in [2.45, 2.75) is 19.9 Å². The average molecular weight is 415 g/mol. The van der Waals surface area contributed by atoms with Gasteiger partial charge in [0, 0.05) is 37.8 Å². The summed E-state index contributed by atoms with van der Waals surface area (Å²) in [6.07, 6.45) is 5.03. The molecule has 0 radical (unpaired) electrons. The van der Waals surface area contributed by atoms with Gasteiger partial charge in [-0.05, 0) is 43.2 Å². The van der Waals surface area contributed by atoms with E-state index in [1.807, 2.05) is 78.6 Å². The van der Waals surface area contributed by atoms with Gasteiger partial charge in [-0.2, -0.15) is 0 Å². The highest BCUT2D eigenvalue weighted by Crippen LogP contribution is 2.24. The van der Waals surface area contributed by atoms with E-state index in [-0.39, 0.29) is 11.9 Å². The lowest BCUT2D eigenvalue weighted by Gasteiger charge is -2.40. The summed E-state index contributed by atoms with van der Waals surface area (Å²) in [5.41, 5.74) is 2.15. The summed E-state index contributed by atoms with van der Waals surface area (Å²) in [4.78, 5) is 25.4. The van der Waals surface area contributed by atoms with Crippen molar-refractivity contribution < 1.29 is 9.53 Å². The van der Waals surface area contributed by atoms with Crippen LogP contribution in [0.3, 0.4) is 0 Å². The normalized spacial score (nSPS) is 16.5. The molecule has 0 N–H and O–H groups in total. The van der Waals surface area contributed by atoms with Gasteiger partial charge in [0.05, 0.1) is 0 Å². The molecule has 1 aromatic heterocycles. The smallest absolute Gasteiger partial charge is 0.246 e. The number of anilines is 1. The number of piperazine rings is 1. The van der Waals surface area contributed by atoms with Crippen LogP contribution >= 0.6 is 0 Å². The van der Waals surface area contributed by atoms with Crippen molar-refractivity contribution in [3.8, 4) is 11.6 Å². The molecule has 0 spiro atoms. The largest absolute Gasteiger partial charge is 0.439 e. The zero-order valence-electron chi connectivity index (χ0n) is 17.8. The molecule has 1 fully saturated rings. The maximum atomic E-state index is 12.7. The maximum Gasteiger partial charge on any atom is 0.246 e. The number of benzene rings is 2. The van der Waals surface area contributed by atoms with E-state index >= 15 is 0 Å². The van der Waals surface area contributed by atoms with Gasteiger partial charge in [0.2, 0.25) is 11.8 Å². The van der Waals surface area contributed by atoms with Crippen LogP contribution in [0, 0.1) is 6.92 Å². The SMILES string of the molecule is Cc1cccc(Oc2cc(N3CCN(C(=O)C=Cc4ccccc4)C(C)C3)ncn2)c1. The molecule has 1 aliphatic heterocycles. The van der Waals surface area contributed by atoms with E-state index in [1.165, 1.54) is 6.33 Å². The van der Waals surface area contributed by atoms with Gasteiger partial charge in [0.25, 0.3) is 0 Å². The molecule has 2 aromatic carbocycles. The summed E-state index contributed by atoms with van der Waals surface area (Å²) in [6.45, 7) is 6.13. The predicted octanol–water partition coefficient (Wildman–Crippen LogP) is 4.33. The Morgan fingerprint density at radius 1 is 1.06 bits per heavy atom. The number of ether oxygens (including phenoxy) is 1. The molecule has 31 heavy (non-hydrogen) atoms. The summed E-state index contributed by atoms with van der Waals surface area (Å²) < 4.78 is 5.90. The molecular formula is C25H26N4O2. The highest BCUT2D eigenvalue weighted by molar-refractivity contribution is 5.92. The van der Waals surface area contributed by atoms with Gasteiger partial charge in [-0.15, -0.1) is 0 Å². The average Bonchev–Trinajstić information content (AvgIpc) is 2.78. The van der Waals surface area contributed by atoms with Crippen molar-refractivity contribution in [1.29, 1.82) is 0 Å². The van der Waals surface area contributed by atoms with Crippen molar-refractivity contribution in [2.24, 2.45) is 0 Å². The first-order valence-corrected chi connectivity index (χ1v) is 10.4. The number of hydrogen-bond donors (Lipinski definition) is 0. The van der Waals surface area contributed by atoms with E-state index in [9.17, 15) is 4.79 Å². The first kappa shape index (κ1) is 20.6. The fourth-order valence-corrected chi connectivity index (χ4v) is 3.68. The molecule has 1 unspecified atom stereocenters. The van der Waals surface area contributed by atoms with Crippen LogP contribution in [-0.4, -0.2) is 46.5 Å². The molecule has 6 heteroatoms. The first-order chi connectivity index (χ1) is 15.1. The molecule has 0 bridgehead atoms. The Kier molecular flexibility index (Phi) is 6.26. The fraction of sp³-hybridized carbons (Fsp3) is 0.240. The minimum absolute atomic E-state index is 0.0298. The Balaban J connectivity index is 1.39. The van der Waals surface area contributed by atoms with Crippen LogP contribution in [0.25, 0.3) is 6.08 Å². The number of carbonyl (C=O) groups is 1. The van der Waals surface area contributed by atoms with Gasteiger partial charge in [0.15, 0.2) is 0 Å². The van der Waals surface area contributed by atoms with E-state index in [1.54, 1.807) is 6.08 Å². The molecule has 1 saturated heterocycles. The topological polar surface area (TPSA) is 58.6 Å². The zero-order valence-corrected chi connectivity index (χ0v) is 17.8. The van der Waals surface area contributed by atoms with Crippen LogP contribution < -0.4 is 9.64 Å². The molecular weight excluding hydrogens is 388 g/mol. The van der Waals surface area contributed by atoms with Gasteiger partial charge < -0.3 is 14.5 Å². The third-order valence-corrected chi connectivity index (χ3v) is 5.29. The number of nitrogens with zero attached hydrogens (tertiary/aromatic N) is 4. The van der Waals surface area contributed by atoms with E-state index in [4.69, 9.17) is 4.74 Å². The van der Waals surface area contributed by atoms with Crippen molar-refractivity contribution in [2.75, 3.05) is 24.5 Å². The first-order valence-electron chi connectivity index (χ1n) is 10.4. The number of aromatic nitrogens is 2. The lowest BCUT2D eigenvalue weighted by molar-refractivity contribution is -0.128. The summed E-state index contributed by atoms with van der Waals surface area (Å²) in [6, 6.07) is 19.6. The highest BCUT2D eigenvalue weighted by Gasteiger charge is 2.27. The second-order valence-electron chi connectivity index (χ2n) is 7.70. The Hall–Kier alpha value is -3.67. The molecule has 3 aromatic rings. The number of rotatable bonds is 5. The minimum atomic E-state index is 0.0298. The van der Waals surface area contributed by atoms with Gasteiger partial charge in [-0.25, -0.2) is 9.97 Å². The van der Waals surface area contributed by atoms with Gasteiger partial charge in [-0.3, -0.25) is 4.79 Å². The van der Waals surface area contributed by atoms with Crippen molar-refractivity contribution in [1.82, 2.24) is 14.9 Å². The molecule has 2 heterocycles. The number of amides is 1. The van der Waals surface area contributed by atoms with Crippen LogP contribution in [0.2, 0.25) is 0 Å². The summed E-state index contributed by atoms with van der Waals surface area (Å²) in [7, 11) is 0. The second-order valence-corrected chi connectivity index (χ2v) is 7.70. The molecule has 0 saturated carbocycles. The molecule has 158 valence electrons. The number of carbonyl (C=O) groups excluding carboxylic acids is 1. The van der Waals surface area contributed by atoms with E-state index in [2.05, 4.69) is 21.8 Å². The number of hydrogen-bond acceptors (Lipinski definition) is 5.